The molecule has 0 aliphatic carbocycles. The van der Waals surface area contributed by atoms with E-state index in [0.717, 1.165) is 60.7 Å². The maximum atomic E-state index is 9.25. The first-order valence-electron chi connectivity index (χ1n) is 11.4. The number of hydrogen-bond donors (Lipinski definition) is 1. The number of fused-ring (bicyclic) bond motifs is 1. The Hall–Kier alpha value is -3.14. The van der Waals surface area contributed by atoms with Gasteiger partial charge in [-0.15, -0.1) is 0 Å². The molecule has 3 aliphatic heterocycles. The normalized spacial score (nSPS) is 23.4. The number of likely N-dealkylation sites (N-methyl/N-ethyl adjacent to an activating group) is 1. The zero-order valence-electron chi connectivity index (χ0n) is 18.7. The van der Waals surface area contributed by atoms with Gasteiger partial charge >= 0.3 is 0 Å². The molecular formula is C26H29N5O. The van der Waals surface area contributed by atoms with Crippen molar-refractivity contribution in [2.24, 2.45) is 10.7 Å². The Morgan fingerprint density at radius 1 is 1.06 bits per heavy atom. The summed E-state index contributed by atoms with van der Waals surface area (Å²) >= 11 is 0. The average Bonchev–Trinajstić information content (AvgIpc) is 3.64. The van der Waals surface area contributed by atoms with Gasteiger partial charge in [-0.05, 0) is 37.0 Å². The van der Waals surface area contributed by atoms with Gasteiger partial charge in [-0.3, -0.25) is 0 Å². The van der Waals surface area contributed by atoms with Crippen molar-refractivity contribution in [1.29, 1.82) is 5.26 Å². The highest BCUT2D eigenvalue weighted by atomic mass is 16.6. The average molecular weight is 428 g/mol. The van der Waals surface area contributed by atoms with Crippen LogP contribution < -0.4 is 5.73 Å². The van der Waals surface area contributed by atoms with Crippen molar-refractivity contribution in [3.05, 3.63) is 70.8 Å². The van der Waals surface area contributed by atoms with E-state index in [0.29, 0.717) is 5.56 Å². The van der Waals surface area contributed by atoms with Gasteiger partial charge in [-0.1, -0.05) is 43.3 Å². The molecule has 2 unspecified atom stereocenters. The molecule has 0 aromatic heterocycles. The molecule has 164 valence electrons. The van der Waals surface area contributed by atoms with E-state index in [1.54, 1.807) is 0 Å². The molecule has 2 atom stereocenters. The number of amidine groups is 1. The summed E-state index contributed by atoms with van der Waals surface area (Å²) in [6.07, 6.45) is 2.88. The number of ether oxygens (including phenoxy) is 1. The molecule has 32 heavy (non-hydrogen) atoms. The lowest BCUT2D eigenvalue weighted by Crippen LogP contribution is -2.45. The van der Waals surface area contributed by atoms with E-state index in [4.69, 9.17) is 15.5 Å². The first-order chi connectivity index (χ1) is 15.6. The van der Waals surface area contributed by atoms with Gasteiger partial charge in [0.05, 0.1) is 23.0 Å². The van der Waals surface area contributed by atoms with Crippen LogP contribution in [-0.4, -0.2) is 54.1 Å². The predicted octanol–water partition coefficient (Wildman–Crippen LogP) is 3.44. The predicted molar refractivity (Wildman–Crippen MR) is 126 cm³/mol. The highest BCUT2D eigenvalue weighted by Crippen LogP contribution is 2.41. The van der Waals surface area contributed by atoms with Crippen LogP contribution in [-0.2, 0) is 11.2 Å². The van der Waals surface area contributed by atoms with Crippen molar-refractivity contribution in [2.75, 3.05) is 20.1 Å². The maximum absolute atomic E-state index is 9.25. The molecule has 5 rings (SSSR count). The van der Waals surface area contributed by atoms with E-state index in [9.17, 15) is 5.26 Å². The Morgan fingerprint density at radius 2 is 1.72 bits per heavy atom. The zero-order valence-corrected chi connectivity index (χ0v) is 18.7. The minimum Gasteiger partial charge on any atom is -0.358 e. The summed E-state index contributed by atoms with van der Waals surface area (Å²) in [6, 6.07) is 18.9. The number of aliphatic imine (C=N–C) groups is 1. The zero-order chi connectivity index (χ0) is 22.2. The topological polar surface area (TPSA) is 81.2 Å². The standard InChI is InChI=1S/C26H29N5O/c1-3-17-4-10-20(11-5-17)23-22(19-8-6-18(16-27)7-9-19)29-25(24-26(32-24)30(23)2)31-14-12-21(28)13-15-31/h4-11,21,24,26H,3,12-15,28H2,1-2H3. The molecule has 0 spiro atoms. The van der Waals surface area contributed by atoms with Crippen molar-refractivity contribution in [1.82, 2.24) is 9.80 Å². The van der Waals surface area contributed by atoms with Gasteiger partial charge in [-0.2, -0.15) is 5.26 Å². The van der Waals surface area contributed by atoms with Gasteiger partial charge in [0.1, 0.15) is 5.84 Å². The minimum atomic E-state index is -0.0323. The highest BCUT2D eigenvalue weighted by molar-refractivity contribution is 6.01. The molecule has 0 radical (unpaired) electrons. The van der Waals surface area contributed by atoms with Crippen LogP contribution in [0.15, 0.2) is 53.5 Å². The second kappa shape index (κ2) is 8.42. The molecule has 3 aliphatic rings. The van der Waals surface area contributed by atoms with Crippen LogP contribution in [0.25, 0.3) is 11.4 Å². The van der Waals surface area contributed by atoms with Gasteiger partial charge in [0.25, 0.3) is 0 Å². The second-order valence-electron chi connectivity index (χ2n) is 8.79. The Bertz CT molecular complexity index is 1090. The summed E-state index contributed by atoms with van der Waals surface area (Å²) < 4.78 is 6.13. The molecule has 0 amide bonds. The van der Waals surface area contributed by atoms with Gasteiger partial charge in [-0.25, -0.2) is 4.99 Å². The van der Waals surface area contributed by atoms with Crippen LogP contribution in [0.3, 0.4) is 0 Å². The lowest BCUT2D eigenvalue weighted by atomic mass is 10.0. The van der Waals surface area contributed by atoms with Crippen LogP contribution >= 0.6 is 0 Å². The fourth-order valence-electron chi connectivity index (χ4n) is 4.63. The molecule has 2 fully saturated rings. The van der Waals surface area contributed by atoms with Crippen molar-refractivity contribution in [2.45, 2.75) is 44.6 Å². The minimum absolute atomic E-state index is 0.0268. The van der Waals surface area contributed by atoms with Crippen molar-refractivity contribution in [3.8, 4) is 6.07 Å². The lowest BCUT2D eigenvalue weighted by Gasteiger charge is -2.32. The molecule has 2 N–H and O–H groups in total. The third-order valence-electron chi connectivity index (χ3n) is 6.69. The molecule has 0 saturated carbocycles. The van der Waals surface area contributed by atoms with Crippen LogP contribution in [0, 0.1) is 11.3 Å². The van der Waals surface area contributed by atoms with Gasteiger partial charge in [0.2, 0.25) is 0 Å². The number of hydrogen-bond acceptors (Lipinski definition) is 6. The summed E-state index contributed by atoms with van der Waals surface area (Å²) in [5.74, 6) is 0.994. The van der Waals surface area contributed by atoms with Gasteiger partial charge in [0.15, 0.2) is 12.3 Å². The number of rotatable bonds is 3. The number of benzene rings is 2. The van der Waals surface area contributed by atoms with Crippen molar-refractivity contribution < 1.29 is 4.74 Å². The molecule has 2 aromatic carbocycles. The smallest absolute Gasteiger partial charge is 0.165 e. The molecule has 6 heteroatoms. The number of piperidine rings is 1. The number of nitrogens with zero attached hydrogens (tertiary/aromatic N) is 4. The summed E-state index contributed by atoms with van der Waals surface area (Å²) in [4.78, 5) is 9.81. The number of nitriles is 1. The first kappa shape index (κ1) is 20.7. The van der Waals surface area contributed by atoms with E-state index in [1.807, 2.05) is 24.3 Å². The Labute approximate surface area is 189 Å². The summed E-state index contributed by atoms with van der Waals surface area (Å²) in [7, 11) is 2.09. The monoisotopic (exact) mass is 427 g/mol. The summed E-state index contributed by atoms with van der Waals surface area (Å²) in [6.45, 7) is 3.97. The maximum Gasteiger partial charge on any atom is 0.165 e. The van der Waals surface area contributed by atoms with Crippen LogP contribution in [0.1, 0.15) is 42.0 Å². The van der Waals surface area contributed by atoms with E-state index in [2.05, 4.69) is 54.1 Å². The third kappa shape index (κ3) is 3.79. The first-order valence-corrected chi connectivity index (χ1v) is 11.4. The van der Waals surface area contributed by atoms with E-state index in [-0.39, 0.29) is 18.4 Å². The quantitative estimate of drug-likeness (QED) is 0.759. The van der Waals surface area contributed by atoms with E-state index < -0.39 is 0 Å². The summed E-state index contributed by atoms with van der Waals surface area (Å²) in [5.41, 5.74) is 12.2. The van der Waals surface area contributed by atoms with Crippen LogP contribution in [0.2, 0.25) is 0 Å². The Balaban J connectivity index is 1.65. The van der Waals surface area contributed by atoms with E-state index in [1.165, 1.54) is 5.56 Å². The van der Waals surface area contributed by atoms with Crippen molar-refractivity contribution in [3.63, 3.8) is 0 Å². The van der Waals surface area contributed by atoms with Gasteiger partial charge in [0, 0.05) is 37.3 Å². The Kier molecular flexibility index (Phi) is 5.46. The Morgan fingerprint density at radius 3 is 2.34 bits per heavy atom. The largest absolute Gasteiger partial charge is 0.358 e. The molecule has 0 bridgehead atoms. The van der Waals surface area contributed by atoms with Crippen LogP contribution in [0.5, 0.6) is 0 Å². The van der Waals surface area contributed by atoms with Crippen LogP contribution in [0.4, 0.5) is 0 Å². The lowest BCUT2D eigenvalue weighted by molar-refractivity contribution is 0.272. The number of aryl methyl sites for hydroxylation is 1. The fraction of sp³-hybridized carbons (Fsp3) is 0.385. The fourth-order valence-corrected chi connectivity index (χ4v) is 4.63. The third-order valence-corrected chi connectivity index (χ3v) is 6.69. The molecular weight excluding hydrogens is 398 g/mol. The van der Waals surface area contributed by atoms with Crippen molar-refractivity contribution >= 4 is 17.2 Å². The molecule has 2 aromatic rings. The number of likely N-dealkylation sites (tertiary alicyclic amines) is 1. The molecule has 3 heterocycles. The van der Waals surface area contributed by atoms with E-state index >= 15 is 0 Å². The summed E-state index contributed by atoms with van der Waals surface area (Å²) in [5, 5.41) is 9.25. The number of epoxide rings is 1. The molecule has 2 saturated heterocycles. The SMILES string of the molecule is CCc1ccc(C2=C(c3ccc(C#N)cc3)N=C(N3CCC(N)CC3)C3OC3N2C)cc1. The molecule has 6 nitrogen and oxygen atoms in total. The highest BCUT2D eigenvalue weighted by Gasteiger charge is 2.51. The number of nitrogens with two attached hydrogens (primary N) is 1. The van der Waals surface area contributed by atoms with Gasteiger partial charge < -0.3 is 20.3 Å². The second-order valence-corrected chi connectivity index (χ2v) is 8.79.